The molecule has 4 aromatic rings. The van der Waals surface area contributed by atoms with Gasteiger partial charge in [0.05, 0.1) is 8.07 Å². The van der Waals surface area contributed by atoms with E-state index in [1.165, 1.54) is 44.4 Å². The Bertz CT molecular complexity index is 1740. The quantitative estimate of drug-likeness (QED) is 0.101. The van der Waals surface area contributed by atoms with Gasteiger partial charge in [0.1, 0.15) is 13.8 Å². The molecule has 1 radical (unpaired) electrons. The molecule has 3 aromatic carbocycles. The van der Waals surface area contributed by atoms with Crippen molar-refractivity contribution in [1.29, 1.82) is 0 Å². The predicted octanol–water partition coefficient (Wildman–Crippen LogP) is 6.73. The van der Waals surface area contributed by atoms with E-state index in [4.69, 9.17) is 4.98 Å². The van der Waals surface area contributed by atoms with Crippen LogP contribution in [0, 0.1) is 16.9 Å². The first-order chi connectivity index (χ1) is 19.0. The second kappa shape index (κ2) is 10.8. The van der Waals surface area contributed by atoms with Crippen LogP contribution in [0.3, 0.4) is 0 Å². The number of rotatable bonds is 1. The zero-order valence-corrected chi connectivity index (χ0v) is 30.9. The van der Waals surface area contributed by atoms with Gasteiger partial charge in [-0.3, -0.25) is 4.79 Å². The molecule has 6 rings (SSSR count). The zero-order valence-electron chi connectivity index (χ0n) is 26.5. The van der Waals surface area contributed by atoms with E-state index >= 15 is 0 Å². The van der Waals surface area contributed by atoms with Crippen molar-refractivity contribution in [3.63, 3.8) is 0 Å². The molecule has 3 nitrogen and oxygen atoms in total. The number of allylic oxidation sites excluding steroid dienone is 2. The first-order valence-corrected chi connectivity index (χ1v) is 20.5. The summed E-state index contributed by atoms with van der Waals surface area (Å²) in [4.78, 5) is 16.5. The zero-order chi connectivity index (χ0) is 30.1. The van der Waals surface area contributed by atoms with Crippen molar-refractivity contribution < 1.29 is 30.0 Å². The summed E-state index contributed by atoms with van der Waals surface area (Å²) in [7, 11) is -3.65. The SMILES string of the molecule is CC(C)(C)C(=O)/C=C(\O)C(C)(C)C.C[Si]1(C)c2cc[c-]c3c2-c2c1cccc2[Si](C)(C)c1c-3ncc2ccccc12.[Ir]. The molecule has 0 unspecified atom stereocenters. The molecule has 221 valence electrons. The number of ketones is 1. The third-order valence-corrected chi connectivity index (χ3v) is 15.8. The molecular weight excluding hydrogens is 727 g/mol. The number of fused-ring (bicyclic) bond motifs is 4. The first-order valence-electron chi connectivity index (χ1n) is 14.5. The molecule has 0 fully saturated rings. The van der Waals surface area contributed by atoms with Crippen LogP contribution in [0.5, 0.6) is 0 Å². The fraction of sp³-hybridized carbons (Fsp3) is 0.333. The monoisotopic (exact) mass is 769 g/mol. The van der Waals surface area contributed by atoms with Gasteiger partial charge in [0.2, 0.25) is 0 Å². The van der Waals surface area contributed by atoms with E-state index in [1.807, 2.05) is 41.5 Å². The van der Waals surface area contributed by atoms with E-state index in [0.717, 1.165) is 0 Å². The summed E-state index contributed by atoms with van der Waals surface area (Å²) in [5.74, 6) is 0.104. The van der Waals surface area contributed by atoms with Crippen LogP contribution in [0.1, 0.15) is 41.5 Å². The van der Waals surface area contributed by atoms with Crippen LogP contribution in [-0.4, -0.2) is 32.0 Å². The second-order valence-electron chi connectivity index (χ2n) is 14.6. The first kappa shape index (κ1) is 32.3. The Labute approximate surface area is 266 Å². The number of benzene rings is 3. The fourth-order valence-electron chi connectivity index (χ4n) is 6.15. The second-order valence-corrected chi connectivity index (χ2v) is 23.2. The third-order valence-electron chi connectivity index (χ3n) is 8.77. The Morgan fingerprint density at radius 3 is 2.02 bits per heavy atom. The van der Waals surface area contributed by atoms with Crippen molar-refractivity contribution in [2.24, 2.45) is 10.8 Å². The number of hydrogen-bond donors (Lipinski definition) is 1. The van der Waals surface area contributed by atoms with Gasteiger partial charge < -0.3 is 10.1 Å². The summed E-state index contributed by atoms with van der Waals surface area (Å²) >= 11 is 0. The van der Waals surface area contributed by atoms with Gasteiger partial charge in [-0.2, -0.15) is 0 Å². The van der Waals surface area contributed by atoms with Gasteiger partial charge in [-0.25, -0.2) is 0 Å². The number of carbonyl (C=O) groups is 1. The Hall–Kier alpha value is -2.64. The maximum absolute atomic E-state index is 11.5. The van der Waals surface area contributed by atoms with Crippen LogP contribution in [0.4, 0.5) is 0 Å². The summed E-state index contributed by atoms with van der Waals surface area (Å²) in [6, 6.07) is 23.9. The Morgan fingerprint density at radius 2 is 1.40 bits per heavy atom. The molecule has 0 saturated heterocycles. The van der Waals surface area contributed by atoms with Crippen LogP contribution >= 0.6 is 0 Å². The fourth-order valence-corrected chi connectivity index (χ4v) is 12.7. The molecule has 2 aliphatic rings. The maximum atomic E-state index is 11.5. The summed E-state index contributed by atoms with van der Waals surface area (Å²) in [6.45, 7) is 21.1. The predicted molar refractivity (Wildman–Crippen MR) is 180 cm³/mol. The van der Waals surface area contributed by atoms with E-state index in [-0.39, 0.29) is 37.1 Å². The molecule has 3 heterocycles. The van der Waals surface area contributed by atoms with Crippen LogP contribution < -0.4 is 20.7 Å². The Morgan fingerprint density at radius 1 is 0.810 bits per heavy atom. The van der Waals surface area contributed by atoms with E-state index in [1.54, 1.807) is 15.6 Å². The average molecular weight is 769 g/mol. The van der Waals surface area contributed by atoms with Gasteiger partial charge >= 0.3 is 0 Å². The van der Waals surface area contributed by atoms with E-state index in [2.05, 4.69) is 93.0 Å². The van der Waals surface area contributed by atoms with E-state index in [0.29, 0.717) is 0 Å². The summed E-state index contributed by atoms with van der Waals surface area (Å²) in [5, 5.41) is 18.4. The minimum atomic E-state index is -1.97. The van der Waals surface area contributed by atoms with Crippen molar-refractivity contribution in [2.45, 2.75) is 67.7 Å². The smallest absolute Gasteiger partial charge is 0.164 e. The molecule has 42 heavy (non-hydrogen) atoms. The molecule has 0 amide bonds. The number of carbonyl (C=O) groups excluding carboxylic acids is 1. The van der Waals surface area contributed by atoms with Crippen molar-refractivity contribution >= 4 is 53.5 Å². The number of aromatic nitrogens is 1. The number of aliphatic hydroxyl groups is 1. The molecule has 0 aliphatic carbocycles. The van der Waals surface area contributed by atoms with Gasteiger partial charge in [0.15, 0.2) is 5.78 Å². The van der Waals surface area contributed by atoms with E-state index in [9.17, 15) is 9.90 Å². The van der Waals surface area contributed by atoms with Crippen molar-refractivity contribution in [3.8, 4) is 22.4 Å². The number of nitrogens with zero attached hydrogens (tertiary/aromatic N) is 1. The maximum Gasteiger partial charge on any atom is 0.164 e. The van der Waals surface area contributed by atoms with Crippen molar-refractivity contribution in [2.75, 3.05) is 0 Å². The topological polar surface area (TPSA) is 50.2 Å². The molecule has 0 spiro atoms. The molecule has 0 bridgehead atoms. The summed E-state index contributed by atoms with van der Waals surface area (Å²) in [6.07, 6.45) is 3.39. The minimum Gasteiger partial charge on any atom is -0.512 e. The minimum absolute atomic E-state index is 0. The molecular formula is C36H42IrNO2Si2-. The number of aliphatic hydroxyl groups excluding tert-OH is 1. The third kappa shape index (κ3) is 5.21. The molecule has 0 saturated carbocycles. The van der Waals surface area contributed by atoms with Crippen LogP contribution in [0.15, 0.2) is 72.6 Å². The average Bonchev–Trinajstić information content (AvgIpc) is 3.08. The molecule has 6 heteroatoms. The van der Waals surface area contributed by atoms with Gasteiger partial charge in [0.25, 0.3) is 0 Å². The number of hydrogen-bond acceptors (Lipinski definition) is 3. The Balaban J connectivity index is 0.000000249. The molecule has 1 N–H and O–H groups in total. The summed E-state index contributed by atoms with van der Waals surface area (Å²) in [5.41, 5.74) is 4.59. The summed E-state index contributed by atoms with van der Waals surface area (Å²) < 4.78 is 0. The Kier molecular flexibility index (Phi) is 8.31. The van der Waals surface area contributed by atoms with Crippen molar-refractivity contribution in [1.82, 2.24) is 4.98 Å². The molecule has 0 atom stereocenters. The van der Waals surface area contributed by atoms with Crippen LogP contribution in [0.25, 0.3) is 33.2 Å². The van der Waals surface area contributed by atoms with Gasteiger partial charge in [-0.15, -0.1) is 28.9 Å². The number of pyridine rings is 1. The van der Waals surface area contributed by atoms with Gasteiger partial charge in [0, 0.05) is 43.2 Å². The van der Waals surface area contributed by atoms with Crippen LogP contribution in [-0.2, 0) is 24.9 Å². The van der Waals surface area contributed by atoms with Gasteiger partial charge in [-0.1, -0.05) is 137 Å². The largest absolute Gasteiger partial charge is 0.512 e. The standard InChI is InChI=1S/C25H22NSi2.C11H20O2.Ir/c1-27(2)19-12-7-11-18-22(19)23-20(27)13-8-14-21(23)28(3,4)25-17-10-6-5-9-16(17)15-26-24(18)25;1-10(2,3)8(12)7-9(13)11(4,5)6;/h5-10,12-15H,1-4H3;7,12H,1-6H3;/q-1;;/b;8-7-;. The van der Waals surface area contributed by atoms with Gasteiger partial charge in [-0.05, 0) is 16.5 Å². The molecule has 1 aromatic heterocycles. The molecule has 2 aliphatic heterocycles. The normalized spacial score (nSPS) is 15.9. The van der Waals surface area contributed by atoms with Crippen molar-refractivity contribution in [3.05, 3.63) is 78.7 Å². The van der Waals surface area contributed by atoms with E-state index < -0.39 is 21.6 Å². The van der Waals surface area contributed by atoms with Crippen LogP contribution in [0.2, 0.25) is 26.2 Å².